The van der Waals surface area contributed by atoms with Gasteiger partial charge in [-0.2, -0.15) is 0 Å². The highest BCUT2D eigenvalue weighted by molar-refractivity contribution is 5.37. The van der Waals surface area contributed by atoms with E-state index in [1.54, 1.807) is 0 Å². The van der Waals surface area contributed by atoms with Gasteiger partial charge in [-0.15, -0.1) is 0 Å². The van der Waals surface area contributed by atoms with Gasteiger partial charge < -0.3 is 10.5 Å². The highest BCUT2D eigenvalue weighted by atomic mass is 16.5. The maximum atomic E-state index is 5.85. The summed E-state index contributed by atoms with van der Waals surface area (Å²) in [5.41, 5.74) is 9.34. The lowest BCUT2D eigenvalue weighted by Gasteiger charge is -2.08. The lowest BCUT2D eigenvalue weighted by molar-refractivity contribution is 0.482. The molecule has 0 aliphatic carbocycles. The number of nitrogens with two attached hydrogens (primary N) is 1. The third-order valence-electron chi connectivity index (χ3n) is 3.31. The summed E-state index contributed by atoms with van der Waals surface area (Å²) in [6, 6.07) is 14.4. The second-order valence-electron chi connectivity index (χ2n) is 4.88. The van der Waals surface area contributed by atoms with Gasteiger partial charge in [-0.25, -0.2) is 0 Å². The van der Waals surface area contributed by atoms with Crippen LogP contribution in [0.1, 0.15) is 23.1 Å². The van der Waals surface area contributed by atoms with Gasteiger partial charge in [0.2, 0.25) is 0 Å². The molecular weight excluding hydrogens is 234 g/mol. The second-order valence-corrected chi connectivity index (χ2v) is 4.88. The fourth-order valence-electron chi connectivity index (χ4n) is 1.94. The lowest BCUT2D eigenvalue weighted by Crippen LogP contribution is -2.00. The summed E-state index contributed by atoms with van der Waals surface area (Å²) >= 11 is 0. The Morgan fingerprint density at radius 2 is 1.58 bits per heavy atom. The molecule has 2 nitrogen and oxygen atoms in total. The number of hydrogen-bond acceptors (Lipinski definition) is 2. The summed E-state index contributed by atoms with van der Waals surface area (Å²) in [6.45, 7) is 4.93. The predicted octanol–water partition coefficient (Wildman–Crippen LogP) is 3.99. The number of hydrogen-bond donors (Lipinski definition) is 1. The quantitative estimate of drug-likeness (QED) is 0.876. The summed E-state index contributed by atoms with van der Waals surface area (Å²) in [6.07, 6.45) is 2.05. The van der Waals surface area contributed by atoms with Gasteiger partial charge in [0.05, 0.1) is 0 Å². The molecule has 2 heteroatoms. The van der Waals surface area contributed by atoms with Gasteiger partial charge in [0.15, 0.2) is 0 Å². The van der Waals surface area contributed by atoms with E-state index >= 15 is 0 Å². The SMILES string of the molecule is Cc1ccc(Oc2ccc(CCCN)cc2)cc1C. The van der Waals surface area contributed by atoms with Crippen molar-refractivity contribution in [1.82, 2.24) is 0 Å². The molecule has 2 aromatic rings. The average molecular weight is 255 g/mol. The minimum absolute atomic E-state index is 0.737. The zero-order chi connectivity index (χ0) is 13.7. The van der Waals surface area contributed by atoms with Crippen LogP contribution in [0.3, 0.4) is 0 Å². The van der Waals surface area contributed by atoms with Crippen molar-refractivity contribution in [1.29, 1.82) is 0 Å². The molecule has 0 aliphatic heterocycles. The highest BCUT2D eigenvalue weighted by Crippen LogP contribution is 2.24. The first-order chi connectivity index (χ1) is 9.19. The Morgan fingerprint density at radius 1 is 0.895 bits per heavy atom. The van der Waals surface area contributed by atoms with E-state index in [1.807, 2.05) is 18.2 Å². The minimum Gasteiger partial charge on any atom is -0.457 e. The van der Waals surface area contributed by atoms with Crippen LogP contribution >= 0.6 is 0 Å². The van der Waals surface area contributed by atoms with Crippen molar-refractivity contribution in [2.45, 2.75) is 26.7 Å². The standard InChI is InChI=1S/C17H21NO/c1-13-5-8-17(12-14(13)2)19-16-9-6-15(7-10-16)4-3-11-18/h5-10,12H,3-4,11,18H2,1-2H3. The largest absolute Gasteiger partial charge is 0.457 e. The highest BCUT2D eigenvalue weighted by Gasteiger charge is 2.00. The van der Waals surface area contributed by atoms with Crippen molar-refractivity contribution in [3.05, 3.63) is 59.2 Å². The van der Waals surface area contributed by atoms with Crippen molar-refractivity contribution >= 4 is 0 Å². The number of aryl methyl sites for hydroxylation is 3. The van der Waals surface area contributed by atoms with Crippen LogP contribution in [0.2, 0.25) is 0 Å². The number of benzene rings is 2. The van der Waals surface area contributed by atoms with Gasteiger partial charge in [0.25, 0.3) is 0 Å². The van der Waals surface area contributed by atoms with Crippen LogP contribution in [0.15, 0.2) is 42.5 Å². The molecule has 0 atom stereocenters. The van der Waals surface area contributed by atoms with E-state index in [-0.39, 0.29) is 0 Å². The van der Waals surface area contributed by atoms with Gasteiger partial charge in [-0.05, 0) is 74.2 Å². The van der Waals surface area contributed by atoms with E-state index in [0.717, 1.165) is 30.9 Å². The summed E-state index contributed by atoms with van der Waals surface area (Å²) < 4.78 is 5.85. The fraction of sp³-hybridized carbons (Fsp3) is 0.294. The third-order valence-corrected chi connectivity index (χ3v) is 3.31. The molecule has 0 unspecified atom stereocenters. The van der Waals surface area contributed by atoms with E-state index in [1.165, 1.54) is 16.7 Å². The van der Waals surface area contributed by atoms with Crippen LogP contribution in [-0.2, 0) is 6.42 Å². The van der Waals surface area contributed by atoms with Gasteiger partial charge in [0.1, 0.15) is 11.5 Å². The molecule has 0 aromatic heterocycles. The number of rotatable bonds is 5. The van der Waals surface area contributed by atoms with Crippen LogP contribution < -0.4 is 10.5 Å². The fourth-order valence-corrected chi connectivity index (χ4v) is 1.94. The second kappa shape index (κ2) is 6.39. The molecule has 2 rings (SSSR count). The van der Waals surface area contributed by atoms with Crippen molar-refractivity contribution in [2.75, 3.05) is 6.54 Å². The van der Waals surface area contributed by atoms with E-state index in [0.29, 0.717) is 0 Å². The Balaban J connectivity index is 2.04. The number of ether oxygens (including phenoxy) is 1. The summed E-state index contributed by atoms with van der Waals surface area (Å²) in [7, 11) is 0. The third kappa shape index (κ3) is 3.83. The molecule has 0 saturated heterocycles. The van der Waals surface area contributed by atoms with Gasteiger partial charge in [-0.3, -0.25) is 0 Å². The molecule has 0 bridgehead atoms. The zero-order valence-electron chi connectivity index (χ0n) is 11.6. The topological polar surface area (TPSA) is 35.2 Å². The van der Waals surface area contributed by atoms with E-state index < -0.39 is 0 Å². The lowest BCUT2D eigenvalue weighted by atomic mass is 10.1. The molecule has 0 radical (unpaired) electrons. The van der Waals surface area contributed by atoms with Crippen LogP contribution in [0.5, 0.6) is 11.5 Å². The van der Waals surface area contributed by atoms with Crippen molar-refractivity contribution in [3.8, 4) is 11.5 Å². The van der Waals surface area contributed by atoms with Crippen LogP contribution in [0.25, 0.3) is 0 Å². The van der Waals surface area contributed by atoms with Crippen molar-refractivity contribution < 1.29 is 4.74 Å². The molecular formula is C17H21NO. The Hall–Kier alpha value is -1.80. The smallest absolute Gasteiger partial charge is 0.127 e. The van der Waals surface area contributed by atoms with E-state index in [2.05, 4.69) is 38.1 Å². The van der Waals surface area contributed by atoms with Gasteiger partial charge in [0, 0.05) is 0 Å². The minimum atomic E-state index is 0.737. The zero-order valence-corrected chi connectivity index (χ0v) is 11.6. The Morgan fingerprint density at radius 3 is 2.21 bits per heavy atom. The van der Waals surface area contributed by atoms with Gasteiger partial charge >= 0.3 is 0 Å². The normalized spacial score (nSPS) is 10.5. The van der Waals surface area contributed by atoms with Gasteiger partial charge in [-0.1, -0.05) is 18.2 Å². The first-order valence-corrected chi connectivity index (χ1v) is 6.73. The van der Waals surface area contributed by atoms with Crippen LogP contribution in [-0.4, -0.2) is 6.54 Å². The summed E-state index contributed by atoms with van der Waals surface area (Å²) in [5, 5.41) is 0. The van der Waals surface area contributed by atoms with Crippen molar-refractivity contribution in [2.24, 2.45) is 5.73 Å². The molecule has 0 amide bonds. The summed E-state index contributed by atoms with van der Waals surface area (Å²) in [5.74, 6) is 1.76. The Kier molecular flexibility index (Phi) is 4.58. The van der Waals surface area contributed by atoms with E-state index in [4.69, 9.17) is 10.5 Å². The van der Waals surface area contributed by atoms with Crippen molar-refractivity contribution in [3.63, 3.8) is 0 Å². The molecule has 0 saturated carbocycles. The maximum absolute atomic E-state index is 5.85. The molecule has 0 fully saturated rings. The maximum Gasteiger partial charge on any atom is 0.127 e. The average Bonchev–Trinajstić information content (AvgIpc) is 2.42. The predicted molar refractivity (Wildman–Crippen MR) is 79.8 cm³/mol. The molecule has 0 aliphatic rings. The monoisotopic (exact) mass is 255 g/mol. The molecule has 0 spiro atoms. The Bertz CT molecular complexity index is 531. The molecule has 0 heterocycles. The summed E-state index contributed by atoms with van der Waals surface area (Å²) in [4.78, 5) is 0. The van der Waals surface area contributed by atoms with Crippen LogP contribution in [0, 0.1) is 13.8 Å². The van der Waals surface area contributed by atoms with E-state index in [9.17, 15) is 0 Å². The molecule has 19 heavy (non-hydrogen) atoms. The first-order valence-electron chi connectivity index (χ1n) is 6.73. The van der Waals surface area contributed by atoms with Crippen LogP contribution in [0.4, 0.5) is 0 Å². The molecule has 100 valence electrons. The molecule has 2 N–H and O–H groups in total. The first kappa shape index (κ1) is 13.6. The Labute approximate surface area is 115 Å². The molecule has 2 aromatic carbocycles.